The minimum Gasteiger partial charge on any atom is -0.394 e. The number of unbranched alkanes of at least 4 members (excludes halogenated alkanes) is 21. The normalized spacial score (nSPS) is 14.7. The van der Waals surface area contributed by atoms with Crippen LogP contribution >= 0.6 is 0 Å². The Balaban J connectivity index is 3.73. The highest BCUT2D eigenvalue weighted by molar-refractivity contribution is 5.80. The predicted molar refractivity (Wildman–Crippen MR) is 164 cm³/mol. The van der Waals surface area contributed by atoms with Gasteiger partial charge in [-0.05, 0) is 12.8 Å². The molecule has 0 aliphatic heterocycles. The highest BCUT2D eigenvalue weighted by atomic mass is 16.3. The summed E-state index contributed by atoms with van der Waals surface area (Å²) in [6, 6.07) is -0.974. The fraction of sp³-hybridized carbons (Fsp3) is 0.970. The van der Waals surface area contributed by atoms with Crippen LogP contribution in [-0.4, -0.2) is 57.3 Å². The summed E-state index contributed by atoms with van der Waals surface area (Å²) in [5.41, 5.74) is 0. The van der Waals surface area contributed by atoms with Gasteiger partial charge in [-0.2, -0.15) is 0 Å². The van der Waals surface area contributed by atoms with Crippen LogP contribution in [0.3, 0.4) is 0 Å². The summed E-state index contributed by atoms with van der Waals surface area (Å²) in [4.78, 5) is 12.3. The minimum atomic E-state index is -1.25. The van der Waals surface area contributed by atoms with E-state index in [1.54, 1.807) is 0 Å². The number of carbonyl (C=O) groups is 1. The molecule has 5 N–H and O–H groups in total. The zero-order valence-corrected chi connectivity index (χ0v) is 25.9. The van der Waals surface area contributed by atoms with E-state index >= 15 is 0 Å². The van der Waals surface area contributed by atoms with Crippen LogP contribution in [0.1, 0.15) is 174 Å². The Morgan fingerprint density at radius 3 is 1.23 bits per heavy atom. The molecule has 0 aromatic heterocycles. The maximum atomic E-state index is 12.3. The molecule has 0 bridgehead atoms. The summed E-state index contributed by atoms with van der Waals surface area (Å²) in [5.74, 6) is -0.587. The molecule has 0 aliphatic rings. The largest absolute Gasteiger partial charge is 0.394 e. The van der Waals surface area contributed by atoms with Crippen molar-refractivity contribution in [3.05, 3.63) is 0 Å². The van der Waals surface area contributed by atoms with Crippen LogP contribution in [0.4, 0.5) is 0 Å². The Bertz CT molecular complexity index is 518. The molecule has 4 atom stereocenters. The van der Waals surface area contributed by atoms with Crippen molar-refractivity contribution in [2.45, 2.75) is 199 Å². The molecule has 4 unspecified atom stereocenters. The molecule has 39 heavy (non-hydrogen) atoms. The molecule has 0 rings (SSSR count). The van der Waals surface area contributed by atoms with E-state index in [0.29, 0.717) is 12.8 Å². The van der Waals surface area contributed by atoms with Crippen LogP contribution < -0.4 is 5.32 Å². The quantitative estimate of drug-likeness (QED) is 0.0594. The zero-order valence-electron chi connectivity index (χ0n) is 25.9. The van der Waals surface area contributed by atoms with Crippen LogP contribution in [0.2, 0.25) is 0 Å². The predicted octanol–water partition coefficient (Wildman–Crippen LogP) is 7.34. The molecule has 0 saturated heterocycles. The third-order valence-electron chi connectivity index (χ3n) is 8.07. The van der Waals surface area contributed by atoms with Crippen molar-refractivity contribution < 1.29 is 25.2 Å². The van der Waals surface area contributed by atoms with Crippen molar-refractivity contribution in [2.24, 2.45) is 0 Å². The van der Waals surface area contributed by atoms with Crippen molar-refractivity contribution in [1.82, 2.24) is 5.32 Å². The van der Waals surface area contributed by atoms with Crippen molar-refractivity contribution in [2.75, 3.05) is 6.61 Å². The van der Waals surface area contributed by atoms with E-state index in [1.165, 1.54) is 109 Å². The van der Waals surface area contributed by atoms with E-state index in [-0.39, 0.29) is 0 Å². The number of hydrogen-bond donors (Lipinski definition) is 5. The van der Waals surface area contributed by atoms with E-state index in [1.807, 2.05) is 0 Å². The van der Waals surface area contributed by atoms with Gasteiger partial charge in [-0.3, -0.25) is 4.79 Å². The highest BCUT2D eigenvalue weighted by Gasteiger charge is 2.28. The lowest BCUT2D eigenvalue weighted by Crippen LogP contribution is -2.53. The Labute approximate surface area is 241 Å². The molecule has 6 nitrogen and oxygen atoms in total. The van der Waals surface area contributed by atoms with Crippen LogP contribution in [0.15, 0.2) is 0 Å². The molecule has 0 aromatic carbocycles. The summed E-state index contributed by atoms with van der Waals surface area (Å²) in [7, 11) is 0. The van der Waals surface area contributed by atoms with E-state index in [0.717, 1.165) is 38.5 Å². The topological polar surface area (TPSA) is 110 Å². The third kappa shape index (κ3) is 23.7. The van der Waals surface area contributed by atoms with Gasteiger partial charge >= 0.3 is 0 Å². The van der Waals surface area contributed by atoms with Gasteiger partial charge in [-0.25, -0.2) is 0 Å². The molecule has 1 amide bonds. The minimum absolute atomic E-state index is 0.374. The van der Waals surface area contributed by atoms with E-state index < -0.39 is 36.9 Å². The second-order valence-electron chi connectivity index (χ2n) is 11.9. The van der Waals surface area contributed by atoms with Crippen LogP contribution in [0, 0.1) is 0 Å². The Kier molecular flexibility index (Phi) is 28.3. The molecular weight excluding hydrogens is 490 g/mol. The summed E-state index contributed by atoms with van der Waals surface area (Å²) in [6.45, 7) is 3.96. The van der Waals surface area contributed by atoms with Gasteiger partial charge in [-0.1, -0.05) is 162 Å². The van der Waals surface area contributed by atoms with Crippen molar-refractivity contribution in [1.29, 1.82) is 0 Å². The molecule has 0 aliphatic carbocycles. The molecule has 0 spiro atoms. The Morgan fingerprint density at radius 2 is 0.872 bits per heavy atom. The smallest absolute Gasteiger partial charge is 0.249 e. The lowest BCUT2D eigenvalue weighted by molar-refractivity contribution is -0.132. The third-order valence-corrected chi connectivity index (χ3v) is 8.07. The first-order valence-corrected chi connectivity index (χ1v) is 16.9. The highest BCUT2D eigenvalue weighted by Crippen LogP contribution is 2.15. The SMILES string of the molecule is CCCCCCCCCCCCCCCCCCCC(O)C(=O)NC(CO)C(O)C(O)CCCCCCCC. The Hall–Kier alpha value is -0.690. The van der Waals surface area contributed by atoms with E-state index in [4.69, 9.17) is 0 Å². The fourth-order valence-electron chi connectivity index (χ4n) is 5.28. The average Bonchev–Trinajstić information content (AvgIpc) is 2.94. The molecule has 0 radical (unpaired) electrons. The van der Waals surface area contributed by atoms with Crippen molar-refractivity contribution >= 4 is 5.91 Å². The van der Waals surface area contributed by atoms with Gasteiger partial charge in [0.1, 0.15) is 12.2 Å². The number of aliphatic hydroxyl groups is 4. The van der Waals surface area contributed by atoms with Gasteiger partial charge in [0.05, 0.1) is 18.8 Å². The number of hydrogen-bond acceptors (Lipinski definition) is 5. The summed E-state index contributed by atoms with van der Waals surface area (Å²) in [5, 5.41) is 43.0. The molecule has 234 valence electrons. The monoisotopic (exact) mass is 558 g/mol. The van der Waals surface area contributed by atoms with E-state index in [2.05, 4.69) is 19.2 Å². The van der Waals surface area contributed by atoms with Gasteiger partial charge in [0.15, 0.2) is 0 Å². The van der Waals surface area contributed by atoms with Crippen molar-refractivity contribution in [3.63, 3.8) is 0 Å². The van der Waals surface area contributed by atoms with Crippen LogP contribution in [0.25, 0.3) is 0 Å². The van der Waals surface area contributed by atoms with Crippen LogP contribution in [-0.2, 0) is 4.79 Å². The van der Waals surface area contributed by atoms with Gasteiger partial charge in [0, 0.05) is 0 Å². The summed E-state index contributed by atoms with van der Waals surface area (Å²) in [6.07, 6.45) is 25.8. The van der Waals surface area contributed by atoms with Crippen molar-refractivity contribution in [3.8, 4) is 0 Å². The first-order valence-electron chi connectivity index (χ1n) is 16.9. The molecular formula is C33H67NO5. The fourth-order valence-corrected chi connectivity index (χ4v) is 5.28. The first kappa shape index (κ1) is 38.3. The average molecular weight is 558 g/mol. The number of rotatable bonds is 30. The molecule has 0 fully saturated rings. The molecule has 0 aromatic rings. The van der Waals surface area contributed by atoms with Gasteiger partial charge in [-0.15, -0.1) is 0 Å². The summed E-state index contributed by atoms with van der Waals surface area (Å²) < 4.78 is 0. The zero-order chi connectivity index (χ0) is 29.0. The van der Waals surface area contributed by atoms with Gasteiger partial charge < -0.3 is 25.7 Å². The standard InChI is InChI=1S/C33H67NO5/c1-3-5-7-9-11-12-13-14-15-16-17-18-19-20-21-23-25-27-31(37)33(39)34-29(28-35)32(38)30(36)26-24-22-10-8-6-4-2/h29-32,35-38H,3-28H2,1-2H3,(H,34,39). The molecule has 0 saturated carbocycles. The first-order chi connectivity index (χ1) is 19.0. The van der Waals surface area contributed by atoms with E-state index in [9.17, 15) is 25.2 Å². The Morgan fingerprint density at radius 1 is 0.538 bits per heavy atom. The maximum absolute atomic E-state index is 12.3. The number of carbonyl (C=O) groups excluding carboxylic acids is 1. The lowest BCUT2D eigenvalue weighted by Gasteiger charge is -2.27. The van der Waals surface area contributed by atoms with Crippen LogP contribution in [0.5, 0.6) is 0 Å². The second-order valence-corrected chi connectivity index (χ2v) is 11.9. The number of aliphatic hydroxyl groups excluding tert-OH is 4. The lowest BCUT2D eigenvalue weighted by atomic mass is 9.99. The maximum Gasteiger partial charge on any atom is 0.249 e. The van der Waals surface area contributed by atoms with Gasteiger partial charge in [0.2, 0.25) is 5.91 Å². The number of amides is 1. The molecule has 0 heterocycles. The number of nitrogens with one attached hydrogen (secondary N) is 1. The van der Waals surface area contributed by atoms with Gasteiger partial charge in [0.25, 0.3) is 0 Å². The molecule has 6 heteroatoms. The summed E-state index contributed by atoms with van der Waals surface area (Å²) >= 11 is 0. The second kappa shape index (κ2) is 28.8.